The van der Waals surface area contributed by atoms with E-state index in [0.29, 0.717) is 11.5 Å². The largest absolute Gasteiger partial charge is 0.338 e. The minimum atomic E-state index is 0.0766. The number of nitrogens with zero attached hydrogens (tertiary/aromatic N) is 6. The molecule has 3 aromatic rings. The van der Waals surface area contributed by atoms with E-state index >= 15 is 0 Å². The fourth-order valence-corrected chi connectivity index (χ4v) is 3.92. The number of aromatic nitrogens is 5. The standard InChI is InChI=1S/C21H24N6O/c1-3-27-15(2)18(13-25-27)21(28)26-10-6-17(7-11-26)20-19(12-23-14-24-20)16-4-8-22-9-5-16/h4-5,8-9,12-14,17H,3,6-7,10-11H2,1-2H3. The Balaban J connectivity index is 1.49. The molecule has 1 amide bonds. The van der Waals surface area contributed by atoms with Crippen LogP contribution in [0.5, 0.6) is 0 Å². The molecule has 4 heterocycles. The zero-order valence-electron chi connectivity index (χ0n) is 16.2. The Morgan fingerprint density at radius 1 is 1.14 bits per heavy atom. The van der Waals surface area contributed by atoms with Gasteiger partial charge in [0.15, 0.2) is 0 Å². The second-order valence-corrected chi connectivity index (χ2v) is 7.08. The predicted molar refractivity (Wildman–Crippen MR) is 106 cm³/mol. The summed E-state index contributed by atoms with van der Waals surface area (Å²) in [6.45, 7) is 6.20. The first-order chi connectivity index (χ1) is 13.7. The molecule has 0 aliphatic carbocycles. The van der Waals surface area contributed by atoms with Gasteiger partial charge in [-0.15, -0.1) is 0 Å². The summed E-state index contributed by atoms with van der Waals surface area (Å²) in [4.78, 5) is 27.8. The van der Waals surface area contributed by atoms with Crippen molar-refractivity contribution >= 4 is 5.91 Å². The number of carbonyl (C=O) groups is 1. The van der Waals surface area contributed by atoms with Gasteiger partial charge in [-0.25, -0.2) is 9.97 Å². The van der Waals surface area contributed by atoms with Crippen molar-refractivity contribution in [3.05, 3.63) is 60.2 Å². The van der Waals surface area contributed by atoms with Gasteiger partial charge in [-0.3, -0.25) is 14.5 Å². The van der Waals surface area contributed by atoms with Crippen LogP contribution in [0.25, 0.3) is 11.1 Å². The summed E-state index contributed by atoms with van der Waals surface area (Å²) in [7, 11) is 0. The SMILES string of the molecule is CCn1ncc(C(=O)N2CCC(c3ncncc3-c3ccncc3)CC2)c1C. The summed E-state index contributed by atoms with van der Waals surface area (Å²) in [6.07, 6.45) is 10.5. The first-order valence-electron chi connectivity index (χ1n) is 9.71. The van der Waals surface area contributed by atoms with Gasteiger partial charge in [0.1, 0.15) is 6.33 Å². The summed E-state index contributed by atoms with van der Waals surface area (Å²) in [5.41, 5.74) is 4.83. The van der Waals surface area contributed by atoms with Crippen molar-refractivity contribution in [2.75, 3.05) is 13.1 Å². The van der Waals surface area contributed by atoms with E-state index in [2.05, 4.69) is 20.1 Å². The van der Waals surface area contributed by atoms with Crippen molar-refractivity contribution in [2.24, 2.45) is 0 Å². The van der Waals surface area contributed by atoms with Gasteiger partial charge in [-0.05, 0) is 44.4 Å². The average Bonchev–Trinajstić information content (AvgIpc) is 3.14. The Labute approximate surface area is 164 Å². The van der Waals surface area contributed by atoms with Gasteiger partial charge in [0.05, 0.1) is 17.5 Å². The molecule has 0 N–H and O–H groups in total. The molecule has 4 rings (SSSR count). The molecule has 1 aliphatic heterocycles. The van der Waals surface area contributed by atoms with Gasteiger partial charge < -0.3 is 4.90 Å². The zero-order chi connectivity index (χ0) is 19.5. The van der Waals surface area contributed by atoms with E-state index < -0.39 is 0 Å². The third-order valence-corrected chi connectivity index (χ3v) is 5.54. The van der Waals surface area contributed by atoms with Crippen LogP contribution in [0.2, 0.25) is 0 Å². The van der Waals surface area contributed by atoms with E-state index in [9.17, 15) is 4.79 Å². The summed E-state index contributed by atoms with van der Waals surface area (Å²) in [5, 5.41) is 4.30. The second kappa shape index (κ2) is 7.88. The first-order valence-corrected chi connectivity index (χ1v) is 9.71. The Morgan fingerprint density at radius 2 is 1.89 bits per heavy atom. The summed E-state index contributed by atoms with van der Waals surface area (Å²) >= 11 is 0. The fourth-order valence-electron chi connectivity index (χ4n) is 3.92. The van der Waals surface area contributed by atoms with Gasteiger partial charge >= 0.3 is 0 Å². The molecule has 0 unspecified atom stereocenters. The predicted octanol–water partition coefficient (Wildman–Crippen LogP) is 3.08. The third-order valence-electron chi connectivity index (χ3n) is 5.54. The number of piperidine rings is 1. The van der Waals surface area contributed by atoms with Crippen molar-refractivity contribution in [1.82, 2.24) is 29.6 Å². The third kappa shape index (κ3) is 3.40. The lowest BCUT2D eigenvalue weighted by atomic mass is 9.89. The Hall–Kier alpha value is -3.09. The molecule has 1 fully saturated rings. The lowest BCUT2D eigenvalue weighted by Gasteiger charge is -2.32. The molecule has 28 heavy (non-hydrogen) atoms. The minimum Gasteiger partial charge on any atom is -0.338 e. The number of amides is 1. The lowest BCUT2D eigenvalue weighted by Crippen LogP contribution is -2.38. The van der Waals surface area contributed by atoms with Crippen LogP contribution in [-0.4, -0.2) is 48.6 Å². The minimum absolute atomic E-state index is 0.0766. The molecule has 0 bridgehead atoms. The van der Waals surface area contributed by atoms with Gasteiger partial charge in [0.25, 0.3) is 5.91 Å². The van der Waals surface area contributed by atoms with E-state index in [0.717, 1.165) is 55.0 Å². The normalized spacial score (nSPS) is 15.0. The van der Waals surface area contributed by atoms with Crippen molar-refractivity contribution in [1.29, 1.82) is 0 Å². The summed E-state index contributed by atoms with van der Waals surface area (Å²) in [5.74, 6) is 0.391. The van der Waals surface area contributed by atoms with Crippen LogP contribution in [0.1, 0.15) is 47.4 Å². The van der Waals surface area contributed by atoms with Crippen LogP contribution in [-0.2, 0) is 6.54 Å². The Bertz CT molecular complexity index is 960. The number of pyridine rings is 1. The highest BCUT2D eigenvalue weighted by atomic mass is 16.2. The molecular formula is C21H24N6O. The molecule has 7 heteroatoms. The number of carbonyl (C=O) groups excluding carboxylic acids is 1. The molecule has 144 valence electrons. The molecule has 3 aromatic heterocycles. The molecule has 0 aromatic carbocycles. The van der Waals surface area contributed by atoms with Crippen molar-refractivity contribution < 1.29 is 4.79 Å². The molecule has 0 spiro atoms. The molecule has 7 nitrogen and oxygen atoms in total. The van der Waals surface area contributed by atoms with Gasteiger partial charge in [-0.2, -0.15) is 5.10 Å². The van der Waals surface area contributed by atoms with Crippen LogP contribution < -0.4 is 0 Å². The number of hydrogen-bond donors (Lipinski definition) is 0. The highest BCUT2D eigenvalue weighted by molar-refractivity contribution is 5.95. The molecule has 1 aliphatic rings. The lowest BCUT2D eigenvalue weighted by molar-refractivity contribution is 0.0711. The molecule has 0 saturated carbocycles. The maximum absolute atomic E-state index is 12.9. The molecule has 1 saturated heterocycles. The van der Waals surface area contributed by atoms with Crippen LogP contribution in [0.3, 0.4) is 0 Å². The van der Waals surface area contributed by atoms with E-state index in [4.69, 9.17) is 0 Å². The van der Waals surface area contributed by atoms with Gasteiger partial charge in [0, 0.05) is 55.4 Å². The van der Waals surface area contributed by atoms with Gasteiger partial charge in [-0.1, -0.05) is 0 Å². The van der Waals surface area contributed by atoms with Crippen LogP contribution in [0.15, 0.2) is 43.2 Å². The zero-order valence-corrected chi connectivity index (χ0v) is 16.2. The van der Waals surface area contributed by atoms with E-state index in [1.807, 2.05) is 41.8 Å². The van der Waals surface area contributed by atoms with Crippen LogP contribution in [0.4, 0.5) is 0 Å². The average molecular weight is 376 g/mol. The highest BCUT2D eigenvalue weighted by Gasteiger charge is 2.28. The maximum Gasteiger partial charge on any atom is 0.257 e. The number of aryl methyl sites for hydroxylation is 1. The van der Waals surface area contributed by atoms with Crippen molar-refractivity contribution in [3.63, 3.8) is 0 Å². The van der Waals surface area contributed by atoms with Crippen LogP contribution in [0, 0.1) is 6.92 Å². The molecule has 0 radical (unpaired) electrons. The maximum atomic E-state index is 12.9. The first kappa shape index (κ1) is 18.3. The molecule has 0 atom stereocenters. The van der Waals surface area contributed by atoms with Crippen LogP contribution >= 0.6 is 0 Å². The molecular weight excluding hydrogens is 352 g/mol. The van der Waals surface area contributed by atoms with Gasteiger partial charge in [0.2, 0.25) is 0 Å². The second-order valence-electron chi connectivity index (χ2n) is 7.08. The monoisotopic (exact) mass is 376 g/mol. The summed E-state index contributed by atoms with van der Waals surface area (Å²) < 4.78 is 1.86. The van der Waals surface area contributed by atoms with Crippen molar-refractivity contribution in [2.45, 2.75) is 39.2 Å². The number of likely N-dealkylation sites (tertiary alicyclic amines) is 1. The quantitative estimate of drug-likeness (QED) is 0.699. The smallest absolute Gasteiger partial charge is 0.257 e. The highest BCUT2D eigenvalue weighted by Crippen LogP contribution is 2.33. The topological polar surface area (TPSA) is 76.8 Å². The van der Waals surface area contributed by atoms with E-state index in [1.54, 1.807) is 24.9 Å². The summed E-state index contributed by atoms with van der Waals surface area (Å²) in [6, 6.07) is 3.96. The Kier molecular flexibility index (Phi) is 5.14. The van der Waals surface area contributed by atoms with E-state index in [-0.39, 0.29) is 5.91 Å². The number of rotatable bonds is 4. The van der Waals surface area contributed by atoms with Crippen molar-refractivity contribution in [3.8, 4) is 11.1 Å². The number of hydrogen-bond acceptors (Lipinski definition) is 5. The fraction of sp³-hybridized carbons (Fsp3) is 0.381. The Morgan fingerprint density at radius 3 is 2.57 bits per heavy atom. The van der Waals surface area contributed by atoms with E-state index in [1.165, 1.54) is 0 Å².